The molecule has 140 valence electrons. The van der Waals surface area contributed by atoms with Gasteiger partial charge in [-0.15, -0.1) is 0 Å². The maximum absolute atomic E-state index is 12.8. The van der Waals surface area contributed by atoms with Crippen molar-refractivity contribution in [2.75, 3.05) is 13.1 Å². The summed E-state index contributed by atoms with van der Waals surface area (Å²) in [6, 6.07) is 8.54. The number of aliphatic hydroxyl groups is 1. The van der Waals surface area contributed by atoms with Gasteiger partial charge in [0.1, 0.15) is 17.6 Å². The molecule has 0 spiro atoms. The molecule has 1 aliphatic rings. The Kier molecular flexibility index (Phi) is 4.53. The van der Waals surface area contributed by atoms with Crippen LogP contribution in [0.3, 0.4) is 0 Å². The van der Waals surface area contributed by atoms with Gasteiger partial charge in [-0.3, -0.25) is 9.59 Å². The number of imidazole rings is 1. The van der Waals surface area contributed by atoms with E-state index >= 15 is 0 Å². The highest BCUT2D eigenvalue weighted by Gasteiger charge is 2.30. The number of para-hydroxylation sites is 1. The van der Waals surface area contributed by atoms with Crippen LogP contribution in [0.15, 0.2) is 47.5 Å². The van der Waals surface area contributed by atoms with E-state index < -0.39 is 6.10 Å². The van der Waals surface area contributed by atoms with E-state index in [1.807, 2.05) is 23.9 Å². The molecule has 0 bridgehead atoms. The van der Waals surface area contributed by atoms with Gasteiger partial charge in [-0.2, -0.15) is 0 Å². The maximum Gasteiger partial charge on any atom is 0.270 e. The zero-order valence-electron chi connectivity index (χ0n) is 15.1. The van der Waals surface area contributed by atoms with Gasteiger partial charge in [-0.25, -0.2) is 4.98 Å². The van der Waals surface area contributed by atoms with Crippen LogP contribution in [0.5, 0.6) is 0 Å². The molecule has 0 saturated carbocycles. The normalized spacial score (nSPS) is 16.6. The molecule has 7 heteroatoms. The van der Waals surface area contributed by atoms with Gasteiger partial charge < -0.3 is 19.6 Å². The number of piperidine rings is 1. The number of hydrogen-bond donors (Lipinski definition) is 2. The van der Waals surface area contributed by atoms with Crippen LogP contribution in [0.2, 0.25) is 0 Å². The van der Waals surface area contributed by atoms with Crippen molar-refractivity contribution < 1.29 is 9.90 Å². The predicted octanol–water partition coefficient (Wildman–Crippen LogP) is 1.85. The largest absolute Gasteiger partial charge is 0.385 e. The lowest BCUT2D eigenvalue weighted by Crippen LogP contribution is -2.40. The van der Waals surface area contributed by atoms with Crippen LogP contribution >= 0.6 is 0 Å². The molecule has 27 heavy (non-hydrogen) atoms. The van der Waals surface area contributed by atoms with Crippen LogP contribution in [0.25, 0.3) is 10.9 Å². The van der Waals surface area contributed by atoms with E-state index in [1.165, 1.54) is 6.07 Å². The number of carbonyl (C=O) groups excluding carboxylic acids is 1. The molecule has 1 unspecified atom stereocenters. The fraction of sp³-hybridized carbons (Fsp3) is 0.350. The fourth-order valence-electron chi connectivity index (χ4n) is 3.77. The lowest BCUT2D eigenvalue weighted by Gasteiger charge is -2.34. The van der Waals surface area contributed by atoms with Gasteiger partial charge in [-0.1, -0.05) is 12.1 Å². The number of amides is 1. The van der Waals surface area contributed by atoms with E-state index in [0.717, 1.165) is 0 Å². The smallest absolute Gasteiger partial charge is 0.270 e. The Hall–Kier alpha value is -2.93. The molecule has 4 rings (SSSR count). The molecule has 1 saturated heterocycles. The lowest BCUT2D eigenvalue weighted by molar-refractivity contribution is 0.0417. The number of likely N-dealkylation sites (tertiary alicyclic amines) is 1. The number of hydrogen-bond acceptors (Lipinski definition) is 4. The number of aromatic nitrogens is 3. The molecule has 0 aliphatic carbocycles. The Labute approximate surface area is 156 Å². The Bertz CT molecular complexity index is 1030. The number of rotatable bonds is 3. The minimum Gasteiger partial charge on any atom is -0.385 e. The molecule has 0 radical (unpaired) electrons. The van der Waals surface area contributed by atoms with Crippen molar-refractivity contribution in [3.8, 4) is 0 Å². The second kappa shape index (κ2) is 7.00. The second-order valence-corrected chi connectivity index (χ2v) is 7.06. The quantitative estimate of drug-likeness (QED) is 0.740. The van der Waals surface area contributed by atoms with Gasteiger partial charge in [0.15, 0.2) is 5.43 Å². The van der Waals surface area contributed by atoms with Crippen molar-refractivity contribution in [1.29, 1.82) is 0 Å². The molecule has 1 aromatic carbocycles. The van der Waals surface area contributed by atoms with Gasteiger partial charge in [0, 0.05) is 49.5 Å². The highest BCUT2D eigenvalue weighted by molar-refractivity contribution is 5.94. The molecule has 2 aromatic heterocycles. The van der Waals surface area contributed by atoms with Crippen LogP contribution in [-0.2, 0) is 7.05 Å². The van der Waals surface area contributed by atoms with E-state index in [1.54, 1.807) is 29.3 Å². The number of carbonyl (C=O) groups is 1. The van der Waals surface area contributed by atoms with E-state index in [4.69, 9.17) is 0 Å². The molecule has 7 nitrogen and oxygen atoms in total. The standard InChI is InChI=1S/C20H22N4O3/c1-23-11-8-21-19(23)18(26)13-6-9-24(10-7-13)20(27)16-12-17(25)14-4-2-3-5-15(14)22-16/h2-5,8,11-13,18,26H,6-7,9-10H2,1H3,(H,22,25). The van der Waals surface area contributed by atoms with Crippen LogP contribution < -0.4 is 5.43 Å². The molecule has 3 aromatic rings. The van der Waals surface area contributed by atoms with Crippen molar-refractivity contribution in [2.45, 2.75) is 18.9 Å². The van der Waals surface area contributed by atoms with Crippen molar-refractivity contribution >= 4 is 16.8 Å². The first-order valence-electron chi connectivity index (χ1n) is 9.11. The van der Waals surface area contributed by atoms with E-state index in [9.17, 15) is 14.7 Å². The second-order valence-electron chi connectivity index (χ2n) is 7.06. The van der Waals surface area contributed by atoms with Crippen molar-refractivity contribution in [3.05, 3.63) is 64.5 Å². The van der Waals surface area contributed by atoms with Gasteiger partial charge in [0.05, 0.1) is 0 Å². The molecule has 3 heterocycles. The van der Waals surface area contributed by atoms with Crippen LogP contribution in [0.1, 0.15) is 35.3 Å². The van der Waals surface area contributed by atoms with Crippen LogP contribution in [0.4, 0.5) is 0 Å². The summed E-state index contributed by atoms with van der Waals surface area (Å²) < 4.78 is 1.82. The number of aromatic amines is 1. The zero-order chi connectivity index (χ0) is 19.0. The third-order valence-electron chi connectivity index (χ3n) is 5.36. The first kappa shape index (κ1) is 17.5. The highest BCUT2D eigenvalue weighted by atomic mass is 16.3. The van der Waals surface area contributed by atoms with Crippen molar-refractivity contribution in [2.24, 2.45) is 13.0 Å². The van der Waals surface area contributed by atoms with Crippen molar-refractivity contribution in [3.63, 3.8) is 0 Å². The first-order valence-corrected chi connectivity index (χ1v) is 9.11. The summed E-state index contributed by atoms with van der Waals surface area (Å²) in [7, 11) is 1.86. The van der Waals surface area contributed by atoms with Crippen LogP contribution in [0, 0.1) is 5.92 Å². The molecule has 1 fully saturated rings. The fourth-order valence-corrected chi connectivity index (χ4v) is 3.77. The Morgan fingerprint density at radius 3 is 2.74 bits per heavy atom. The van der Waals surface area contributed by atoms with Gasteiger partial charge in [0.2, 0.25) is 0 Å². The van der Waals surface area contributed by atoms with Gasteiger partial charge in [0.25, 0.3) is 5.91 Å². The summed E-state index contributed by atoms with van der Waals surface area (Å²) in [6.07, 6.45) is 4.23. The molecule has 1 atom stereocenters. The van der Waals surface area contributed by atoms with Crippen molar-refractivity contribution in [1.82, 2.24) is 19.4 Å². The lowest BCUT2D eigenvalue weighted by atomic mass is 9.90. The van der Waals surface area contributed by atoms with Crippen LogP contribution in [-0.4, -0.2) is 43.5 Å². The number of pyridine rings is 1. The number of benzene rings is 1. The van der Waals surface area contributed by atoms with Gasteiger partial charge >= 0.3 is 0 Å². The Morgan fingerprint density at radius 2 is 2.04 bits per heavy atom. The minimum absolute atomic E-state index is 0.0609. The summed E-state index contributed by atoms with van der Waals surface area (Å²) in [5.41, 5.74) is 0.808. The number of nitrogens with zero attached hydrogens (tertiary/aromatic N) is 3. The molecule has 2 N–H and O–H groups in total. The topological polar surface area (TPSA) is 91.2 Å². The average Bonchev–Trinajstić information content (AvgIpc) is 3.13. The summed E-state index contributed by atoms with van der Waals surface area (Å²) in [6.45, 7) is 1.08. The SMILES string of the molecule is Cn1ccnc1C(O)C1CCN(C(=O)c2cc(=O)c3ccccc3[nH]2)CC1. The molecule has 1 amide bonds. The van der Waals surface area contributed by atoms with E-state index in [2.05, 4.69) is 9.97 Å². The van der Waals surface area contributed by atoms with E-state index in [0.29, 0.717) is 48.4 Å². The third kappa shape index (κ3) is 3.26. The summed E-state index contributed by atoms with van der Waals surface area (Å²) in [5, 5.41) is 11.2. The third-order valence-corrected chi connectivity index (χ3v) is 5.36. The predicted molar refractivity (Wildman–Crippen MR) is 101 cm³/mol. The first-order chi connectivity index (χ1) is 13.0. The Morgan fingerprint density at radius 1 is 1.30 bits per heavy atom. The molecular weight excluding hydrogens is 344 g/mol. The monoisotopic (exact) mass is 366 g/mol. The molecule has 1 aliphatic heterocycles. The summed E-state index contributed by atoms with van der Waals surface area (Å²) >= 11 is 0. The maximum atomic E-state index is 12.8. The number of nitrogens with one attached hydrogen (secondary N) is 1. The number of aliphatic hydroxyl groups excluding tert-OH is 1. The zero-order valence-corrected chi connectivity index (χ0v) is 15.1. The molecular formula is C20H22N4O3. The number of aryl methyl sites for hydroxylation is 1. The van der Waals surface area contributed by atoms with E-state index in [-0.39, 0.29) is 17.3 Å². The summed E-state index contributed by atoms with van der Waals surface area (Å²) in [4.78, 5) is 34.1. The number of fused-ring (bicyclic) bond motifs is 1. The Balaban J connectivity index is 1.47. The summed E-state index contributed by atoms with van der Waals surface area (Å²) in [5.74, 6) is 0.534. The van der Waals surface area contributed by atoms with Gasteiger partial charge in [-0.05, 0) is 30.9 Å². The number of H-pyrrole nitrogens is 1. The average molecular weight is 366 g/mol. The highest BCUT2D eigenvalue weighted by Crippen LogP contribution is 2.30. The minimum atomic E-state index is -0.636.